The van der Waals surface area contributed by atoms with Crippen molar-refractivity contribution in [3.8, 4) is 11.5 Å². The van der Waals surface area contributed by atoms with E-state index in [4.69, 9.17) is 20.1 Å². The van der Waals surface area contributed by atoms with Gasteiger partial charge in [-0.05, 0) is 31.2 Å². The van der Waals surface area contributed by atoms with Crippen molar-refractivity contribution >= 4 is 0 Å². The zero-order chi connectivity index (χ0) is 14.4. The second-order valence-electron chi connectivity index (χ2n) is 5.09. The number of hydrogen-bond acceptors (Lipinski definition) is 5. The van der Waals surface area contributed by atoms with E-state index in [1.807, 2.05) is 18.2 Å². The van der Waals surface area contributed by atoms with Gasteiger partial charge in [0.2, 0.25) is 0 Å². The molecule has 0 radical (unpaired) electrons. The molecule has 0 bridgehead atoms. The number of para-hydroxylation sites is 1. The van der Waals surface area contributed by atoms with E-state index in [1.54, 1.807) is 14.2 Å². The minimum atomic E-state index is 0.0585. The highest BCUT2D eigenvalue weighted by Crippen LogP contribution is 2.37. The molecular weight excluding hydrogens is 256 g/mol. The predicted molar refractivity (Wildman–Crippen MR) is 77.8 cm³/mol. The molecule has 1 atom stereocenters. The lowest BCUT2D eigenvalue weighted by molar-refractivity contribution is 0.0604. The maximum atomic E-state index is 5.76. The molecular formula is C15H24N2O3. The van der Waals surface area contributed by atoms with Crippen LogP contribution in [0.1, 0.15) is 30.9 Å². The van der Waals surface area contributed by atoms with Crippen LogP contribution in [-0.4, -0.2) is 27.4 Å². The summed E-state index contributed by atoms with van der Waals surface area (Å²) >= 11 is 0. The van der Waals surface area contributed by atoms with Gasteiger partial charge >= 0.3 is 0 Å². The molecule has 1 aliphatic rings. The van der Waals surface area contributed by atoms with Crippen LogP contribution in [0.3, 0.4) is 0 Å². The molecule has 1 aliphatic heterocycles. The van der Waals surface area contributed by atoms with Crippen LogP contribution in [0.25, 0.3) is 0 Å². The van der Waals surface area contributed by atoms with Gasteiger partial charge in [-0.15, -0.1) is 0 Å². The number of rotatable bonds is 6. The summed E-state index contributed by atoms with van der Waals surface area (Å²) in [5.41, 5.74) is 3.96. The predicted octanol–water partition coefficient (Wildman–Crippen LogP) is 2.02. The summed E-state index contributed by atoms with van der Waals surface area (Å²) < 4.78 is 16.2. The highest BCUT2D eigenvalue weighted by Gasteiger charge is 2.23. The molecule has 5 heteroatoms. The molecule has 0 saturated carbocycles. The third kappa shape index (κ3) is 3.42. The fourth-order valence-electron chi connectivity index (χ4n) is 2.79. The van der Waals surface area contributed by atoms with Crippen LogP contribution < -0.4 is 20.7 Å². The van der Waals surface area contributed by atoms with Crippen LogP contribution in [0.4, 0.5) is 0 Å². The normalized spacial score (nSPS) is 17.8. The highest BCUT2D eigenvalue weighted by molar-refractivity contribution is 5.48. The number of nitrogens with two attached hydrogens (primary N) is 1. The third-order valence-corrected chi connectivity index (χ3v) is 3.92. The molecule has 2 rings (SSSR count). The zero-order valence-electron chi connectivity index (χ0n) is 12.2. The summed E-state index contributed by atoms with van der Waals surface area (Å²) in [5.74, 6) is 7.87. The summed E-state index contributed by atoms with van der Waals surface area (Å²) in [4.78, 5) is 0. The number of nitrogens with one attached hydrogen (secondary N) is 1. The highest BCUT2D eigenvalue weighted by atomic mass is 16.5. The van der Waals surface area contributed by atoms with Crippen LogP contribution >= 0.6 is 0 Å². The first-order valence-corrected chi connectivity index (χ1v) is 7.05. The van der Waals surface area contributed by atoms with Gasteiger partial charge in [-0.1, -0.05) is 12.1 Å². The first-order chi connectivity index (χ1) is 9.80. The average molecular weight is 280 g/mol. The van der Waals surface area contributed by atoms with Crippen molar-refractivity contribution < 1.29 is 14.2 Å². The maximum absolute atomic E-state index is 5.76. The van der Waals surface area contributed by atoms with Crippen LogP contribution in [0, 0.1) is 5.92 Å². The van der Waals surface area contributed by atoms with Crippen molar-refractivity contribution in [1.29, 1.82) is 0 Å². The first kappa shape index (κ1) is 15.1. The molecule has 1 aromatic carbocycles. The minimum absolute atomic E-state index is 0.0585. The molecule has 0 aliphatic carbocycles. The minimum Gasteiger partial charge on any atom is -0.493 e. The van der Waals surface area contributed by atoms with Crippen molar-refractivity contribution in [3.05, 3.63) is 23.8 Å². The van der Waals surface area contributed by atoms with Crippen molar-refractivity contribution in [2.45, 2.75) is 25.3 Å². The molecule has 1 saturated heterocycles. The number of ether oxygens (including phenoxy) is 3. The van der Waals surface area contributed by atoms with E-state index in [1.165, 1.54) is 0 Å². The van der Waals surface area contributed by atoms with Crippen LogP contribution in [0.5, 0.6) is 11.5 Å². The Kier molecular flexibility index (Phi) is 5.64. The molecule has 1 aromatic rings. The van der Waals surface area contributed by atoms with Crippen LogP contribution in [0.2, 0.25) is 0 Å². The van der Waals surface area contributed by atoms with Gasteiger partial charge in [-0.25, -0.2) is 0 Å². The van der Waals surface area contributed by atoms with E-state index in [0.29, 0.717) is 5.92 Å². The van der Waals surface area contributed by atoms with Gasteiger partial charge in [-0.2, -0.15) is 0 Å². The molecule has 1 heterocycles. The Morgan fingerprint density at radius 3 is 2.65 bits per heavy atom. The quantitative estimate of drug-likeness (QED) is 0.616. The largest absolute Gasteiger partial charge is 0.493 e. The lowest BCUT2D eigenvalue weighted by Gasteiger charge is -2.27. The molecule has 20 heavy (non-hydrogen) atoms. The van der Waals surface area contributed by atoms with Crippen molar-refractivity contribution in [1.82, 2.24) is 5.43 Å². The Morgan fingerprint density at radius 2 is 2.05 bits per heavy atom. The molecule has 0 amide bonds. The summed E-state index contributed by atoms with van der Waals surface area (Å²) in [6, 6.07) is 5.95. The standard InChI is InChI=1S/C15H24N2O3/c1-18-14-5-3-4-12(15(14)19-2)13(17-16)10-11-6-8-20-9-7-11/h3-5,11,13,17H,6-10,16H2,1-2H3. The van der Waals surface area contributed by atoms with Gasteiger partial charge in [0.05, 0.1) is 20.3 Å². The number of hydrogen-bond donors (Lipinski definition) is 2. The second-order valence-corrected chi connectivity index (χ2v) is 5.09. The summed E-state index contributed by atoms with van der Waals surface area (Å²) in [5, 5.41) is 0. The summed E-state index contributed by atoms with van der Waals surface area (Å²) in [7, 11) is 3.30. The van der Waals surface area contributed by atoms with Gasteiger partial charge in [0, 0.05) is 18.8 Å². The first-order valence-electron chi connectivity index (χ1n) is 7.05. The molecule has 1 unspecified atom stereocenters. The smallest absolute Gasteiger partial charge is 0.165 e. The lowest BCUT2D eigenvalue weighted by atomic mass is 9.89. The summed E-state index contributed by atoms with van der Waals surface area (Å²) in [6.07, 6.45) is 3.15. The third-order valence-electron chi connectivity index (χ3n) is 3.92. The molecule has 5 nitrogen and oxygen atoms in total. The monoisotopic (exact) mass is 280 g/mol. The van der Waals surface area contributed by atoms with E-state index in [9.17, 15) is 0 Å². The fraction of sp³-hybridized carbons (Fsp3) is 0.600. The number of methoxy groups -OCH3 is 2. The zero-order valence-corrected chi connectivity index (χ0v) is 12.2. The van der Waals surface area contributed by atoms with Gasteiger partial charge in [0.1, 0.15) is 0 Å². The topological polar surface area (TPSA) is 65.7 Å². The Balaban J connectivity index is 2.17. The van der Waals surface area contributed by atoms with E-state index >= 15 is 0 Å². The van der Waals surface area contributed by atoms with Crippen molar-refractivity contribution in [3.63, 3.8) is 0 Å². The maximum Gasteiger partial charge on any atom is 0.165 e. The van der Waals surface area contributed by atoms with E-state index in [0.717, 1.165) is 49.5 Å². The van der Waals surface area contributed by atoms with Crippen molar-refractivity contribution in [2.24, 2.45) is 11.8 Å². The molecule has 1 fully saturated rings. The average Bonchev–Trinajstić information content (AvgIpc) is 2.52. The Hall–Kier alpha value is -1.30. The van der Waals surface area contributed by atoms with Crippen molar-refractivity contribution in [2.75, 3.05) is 27.4 Å². The van der Waals surface area contributed by atoms with Crippen LogP contribution in [0.15, 0.2) is 18.2 Å². The molecule has 112 valence electrons. The van der Waals surface area contributed by atoms with Gasteiger partial charge in [-0.3, -0.25) is 11.3 Å². The molecule has 0 spiro atoms. The Morgan fingerprint density at radius 1 is 1.30 bits per heavy atom. The van der Waals surface area contributed by atoms with E-state index in [-0.39, 0.29) is 6.04 Å². The molecule has 3 N–H and O–H groups in total. The summed E-state index contributed by atoms with van der Waals surface area (Å²) in [6.45, 7) is 1.69. The molecule has 0 aromatic heterocycles. The number of benzene rings is 1. The lowest BCUT2D eigenvalue weighted by Crippen LogP contribution is -2.31. The Labute approximate surface area is 120 Å². The van der Waals surface area contributed by atoms with E-state index < -0.39 is 0 Å². The fourth-order valence-corrected chi connectivity index (χ4v) is 2.79. The van der Waals surface area contributed by atoms with Gasteiger partial charge in [0.25, 0.3) is 0 Å². The number of hydrazine groups is 1. The van der Waals surface area contributed by atoms with Crippen LogP contribution in [-0.2, 0) is 4.74 Å². The second kappa shape index (κ2) is 7.47. The van der Waals surface area contributed by atoms with E-state index in [2.05, 4.69) is 5.43 Å². The van der Waals surface area contributed by atoms with Gasteiger partial charge in [0.15, 0.2) is 11.5 Å². The Bertz CT molecular complexity index is 420. The van der Waals surface area contributed by atoms with Gasteiger partial charge < -0.3 is 14.2 Å². The SMILES string of the molecule is COc1cccc(C(CC2CCOCC2)NN)c1OC.